The van der Waals surface area contributed by atoms with Crippen LogP contribution >= 0.6 is 0 Å². The third kappa shape index (κ3) is 2.20. The molecule has 1 saturated heterocycles. The number of aryl methyl sites for hydroxylation is 2. The summed E-state index contributed by atoms with van der Waals surface area (Å²) in [7, 11) is 0. The highest BCUT2D eigenvalue weighted by atomic mass is 19.1. The van der Waals surface area contributed by atoms with E-state index in [2.05, 4.69) is 5.32 Å². The average molecular weight is 207 g/mol. The fourth-order valence-electron chi connectivity index (χ4n) is 2.24. The van der Waals surface area contributed by atoms with Crippen molar-refractivity contribution in [1.82, 2.24) is 5.32 Å². The van der Waals surface area contributed by atoms with E-state index in [0.29, 0.717) is 0 Å². The Kier molecular flexibility index (Phi) is 3.06. The number of benzene rings is 1. The Morgan fingerprint density at radius 1 is 1.40 bits per heavy atom. The predicted octanol–water partition coefficient (Wildman–Crippen LogP) is 3.07. The molecular formula is C13H18FN. The molecule has 0 radical (unpaired) electrons. The summed E-state index contributed by atoms with van der Waals surface area (Å²) in [4.78, 5) is 0. The highest BCUT2D eigenvalue weighted by molar-refractivity contribution is 5.33. The molecule has 1 fully saturated rings. The van der Waals surface area contributed by atoms with E-state index in [1.54, 1.807) is 0 Å². The molecule has 1 N–H and O–H groups in total. The first kappa shape index (κ1) is 10.6. The second-order valence-corrected chi connectivity index (χ2v) is 4.46. The minimum atomic E-state index is -0.854. The van der Waals surface area contributed by atoms with Crippen LogP contribution in [0.1, 0.15) is 35.7 Å². The quantitative estimate of drug-likeness (QED) is 0.786. The van der Waals surface area contributed by atoms with E-state index in [0.717, 1.165) is 36.1 Å². The van der Waals surface area contributed by atoms with Gasteiger partial charge in [0.25, 0.3) is 0 Å². The van der Waals surface area contributed by atoms with Crippen molar-refractivity contribution < 1.29 is 4.39 Å². The smallest absolute Gasteiger partial charge is 0.141 e. The van der Waals surface area contributed by atoms with Crippen LogP contribution in [0, 0.1) is 13.8 Å². The molecule has 1 aliphatic rings. The third-order valence-corrected chi connectivity index (χ3v) is 3.18. The minimum Gasteiger partial charge on any atom is -0.311 e. The molecule has 0 amide bonds. The van der Waals surface area contributed by atoms with Crippen LogP contribution in [0.5, 0.6) is 0 Å². The van der Waals surface area contributed by atoms with Gasteiger partial charge in [-0.25, -0.2) is 4.39 Å². The van der Waals surface area contributed by atoms with Gasteiger partial charge in [-0.3, -0.25) is 0 Å². The van der Waals surface area contributed by atoms with Gasteiger partial charge in [-0.05, 0) is 44.4 Å². The van der Waals surface area contributed by atoms with Crippen LogP contribution < -0.4 is 5.32 Å². The summed E-state index contributed by atoms with van der Waals surface area (Å²) in [6.45, 7) is 4.95. The summed E-state index contributed by atoms with van der Waals surface area (Å²) in [6.07, 6.45) is 1.19. The summed E-state index contributed by atoms with van der Waals surface area (Å²) < 4.78 is 14.2. The Hall–Kier alpha value is -0.890. The summed E-state index contributed by atoms with van der Waals surface area (Å²) in [5.74, 6) is 0. The number of rotatable bonds is 2. The second kappa shape index (κ2) is 4.31. The molecule has 2 unspecified atom stereocenters. The third-order valence-electron chi connectivity index (χ3n) is 3.18. The topological polar surface area (TPSA) is 12.0 Å². The number of hydrogen-bond acceptors (Lipinski definition) is 1. The van der Waals surface area contributed by atoms with E-state index in [4.69, 9.17) is 0 Å². The van der Waals surface area contributed by atoms with Crippen molar-refractivity contribution in [1.29, 1.82) is 0 Å². The zero-order chi connectivity index (χ0) is 10.8. The zero-order valence-electron chi connectivity index (χ0n) is 9.39. The van der Waals surface area contributed by atoms with Crippen LogP contribution in [0.2, 0.25) is 0 Å². The maximum absolute atomic E-state index is 14.2. The Balaban J connectivity index is 2.23. The van der Waals surface area contributed by atoms with Gasteiger partial charge >= 0.3 is 0 Å². The van der Waals surface area contributed by atoms with Gasteiger partial charge in [-0.15, -0.1) is 0 Å². The van der Waals surface area contributed by atoms with Crippen LogP contribution in [-0.2, 0) is 0 Å². The Bertz CT molecular complexity index is 342. The van der Waals surface area contributed by atoms with Crippen molar-refractivity contribution in [3.05, 3.63) is 34.9 Å². The molecule has 0 spiro atoms. The Labute approximate surface area is 90.7 Å². The maximum atomic E-state index is 14.2. The molecule has 0 aromatic heterocycles. The van der Waals surface area contributed by atoms with Crippen molar-refractivity contribution in [3.63, 3.8) is 0 Å². The molecule has 0 aliphatic carbocycles. The number of alkyl halides is 1. The van der Waals surface area contributed by atoms with Crippen LogP contribution in [0.15, 0.2) is 18.2 Å². The summed E-state index contributed by atoms with van der Waals surface area (Å²) in [6, 6.07) is 6.03. The fourth-order valence-corrected chi connectivity index (χ4v) is 2.24. The zero-order valence-corrected chi connectivity index (χ0v) is 9.39. The SMILES string of the molecule is Cc1ccc(C)c(C(F)C2CCCN2)c1. The van der Waals surface area contributed by atoms with Crippen molar-refractivity contribution in [3.8, 4) is 0 Å². The lowest BCUT2D eigenvalue weighted by atomic mass is 9.96. The highest BCUT2D eigenvalue weighted by Crippen LogP contribution is 2.29. The Morgan fingerprint density at radius 2 is 2.20 bits per heavy atom. The largest absolute Gasteiger partial charge is 0.311 e. The highest BCUT2D eigenvalue weighted by Gasteiger charge is 2.26. The molecular weight excluding hydrogens is 189 g/mol. The standard InChI is InChI=1S/C13H18FN/c1-9-5-6-10(2)11(8-9)13(14)12-4-3-7-15-12/h5-6,8,12-13,15H,3-4,7H2,1-2H3. The first-order valence-electron chi connectivity index (χ1n) is 5.63. The molecule has 1 aromatic rings. The summed E-state index contributed by atoms with van der Waals surface area (Å²) >= 11 is 0. The second-order valence-electron chi connectivity index (χ2n) is 4.46. The van der Waals surface area contributed by atoms with E-state index in [-0.39, 0.29) is 6.04 Å². The average Bonchev–Trinajstić information content (AvgIpc) is 2.74. The Morgan fingerprint density at radius 3 is 2.87 bits per heavy atom. The van der Waals surface area contributed by atoms with E-state index in [1.165, 1.54) is 0 Å². The lowest BCUT2D eigenvalue weighted by molar-refractivity contribution is 0.270. The van der Waals surface area contributed by atoms with Crippen LogP contribution in [0.4, 0.5) is 4.39 Å². The molecule has 2 atom stereocenters. The maximum Gasteiger partial charge on any atom is 0.141 e. The first-order valence-corrected chi connectivity index (χ1v) is 5.63. The van der Waals surface area contributed by atoms with Crippen molar-refractivity contribution >= 4 is 0 Å². The van der Waals surface area contributed by atoms with Crippen LogP contribution in [0.3, 0.4) is 0 Å². The van der Waals surface area contributed by atoms with Gasteiger partial charge in [-0.1, -0.05) is 23.8 Å². The molecule has 1 aromatic carbocycles. The van der Waals surface area contributed by atoms with Gasteiger partial charge in [0.2, 0.25) is 0 Å². The van der Waals surface area contributed by atoms with Gasteiger partial charge < -0.3 is 5.32 Å². The molecule has 15 heavy (non-hydrogen) atoms. The molecule has 2 heteroatoms. The van der Waals surface area contributed by atoms with Crippen molar-refractivity contribution in [2.75, 3.05) is 6.54 Å². The van der Waals surface area contributed by atoms with E-state index in [9.17, 15) is 4.39 Å². The van der Waals surface area contributed by atoms with Crippen molar-refractivity contribution in [2.24, 2.45) is 0 Å². The van der Waals surface area contributed by atoms with Crippen LogP contribution in [-0.4, -0.2) is 12.6 Å². The van der Waals surface area contributed by atoms with Gasteiger partial charge in [0.15, 0.2) is 0 Å². The fraction of sp³-hybridized carbons (Fsp3) is 0.538. The van der Waals surface area contributed by atoms with E-state index < -0.39 is 6.17 Å². The van der Waals surface area contributed by atoms with Crippen molar-refractivity contribution in [2.45, 2.75) is 38.9 Å². The van der Waals surface area contributed by atoms with Gasteiger partial charge in [-0.2, -0.15) is 0 Å². The van der Waals surface area contributed by atoms with Crippen LogP contribution in [0.25, 0.3) is 0 Å². The lowest BCUT2D eigenvalue weighted by Crippen LogP contribution is -2.26. The number of halogens is 1. The van der Waals surface area contributed by atoms with E-state index in [1.807, 2.05) is 32.0 Å². The molecule has 2 rings (SSSR count). The monoisotopic (exact) mass is 207 g/mol. The molecule has 1 aliphatic heterocycles. The van der Waals surface area contributed by atoms with E-state index >= 15 is 0 Å². The van der Waals surface area contributed by atoms with Gasteiger partial charge in [0.1, 0.15) is 6.17 Å². The number of hydrogen-bond donors (Lipinski definition) is 1. The molecule has 0 bridgehead atoms. The predicted molar refractivity (Wildman–Crippen MR) is 60.8 cm³/mol. The minimum absolute atomic E-state index is 0.0190. The molecule has 1 nitrogen and oxygen atoms in total. The van der Waals surface area contributed by atoms with Gasteiger partial charge in [0, 0.05) is 6.04 Å². The summed E-state index contributed by atoms with van der Waals surface area (Å²) in [5, 5.41) is 3.23. The molecule has 1 heterocycles. The normalized spacial score (nSPS) is 23.0. The number of nitrogens with one attached hydrogen (secondary N) is 1. The molecule has 0 saturated carbocycles. The summed E-state index contributed by atoms with van der Waals surface area (Å²) in [5.41, 5.74) is 3.05. The first-order chi connectivity index (χ1) is 7.18. The molecule has 82 valence electrons. The van der Waals surface area contributed by atoms with Gasteiger partial charge in [0.05, 0.1) is 0 Å². The lowest BCUT2D eigenvalue weighted by Gasteiger charge is -2.18.